The molecular formula is C24H23FN4O5S. The number of ketones is 1. The quantitative estimate of drug-likeness (QED) is 0.374. The van der Waals surface area contributed by atoms with E-state index in [0.717, 1.165) is 11.8 Å². The molecule has 1 atom stereocenters. The van der Waals surface area contributed by atoms with Gasteiger partial charge in [-0.2, -0.15) is 0 Å². The van der Waals surface area contributed by atoms with Crippen LogP contribution in [0.5, 0.6) is 11.5 Å². The zero-order valence-corrected chi connectivity index (χ0v) is 19.8. The normalized spacial score (nSPS) is 17.4. The van der Waals surface area contributed by atoms with Crippen molar-refractivity contribution in [3.63, 3.8) is 0 Å². The summed E-state index contributed by atoms with van der Waals surface area (Å²) in [6, 6.07) is 11.8. The fraction of sp³-hybridized carbons (Fsp3) is 0.333. The molecule has 3 heterocycles. The summed E-state index contributed by atoms with van der Waals surface area (Å²) < 4.78 is 31.7. The molecule has 11 heteroatoms. The number of benzene rings is 2. The number of para-hydroxylation sites is 2. The second-order valence-corrected chi connectivity index (χ2v) is 9.08. The minimum absolute atomic E-state index is 0.0621. The minimum atomic E-state index is -0.513. The van der Waals surface area contributed by atoms with E-state index in [1.807, 2.05) is 29.2 Å². The second-order valence-electron chi connectivity index (χ2n) is 8.15. The Morgan fingerprint density at radius 3 is 2.60 bits per heavy atom. The Kier molecular flexibility index (Phi) is 6.58. The molecule has 0 bridgehead atoms. The number of ether oxygens (including phenoxy) is 2. The molecule has 182 valence electrons. The molecule has 2 aliphatic heterocycles. The summed E-state index contributed by atoms with van der Waals surface area (Å²) in [5, 5.41) is 8.33. The van der Waals surface area contributed by atoms with E-state index in [9.17, 15) is 14.0 Å². The van der Waals surface area contributed by atoms with Crippen molar-refractivity contribution in [3.05, 3.63) is 59.7 Å². The van der Waals surface area contributed by atoms with Gasteiger partial charge in [0, 0.05) is 31.7 Å². The van der Waals surface area contributed by atoms with Crippen molar-refractivity contribution in [1.29, 1.82) is 0 Å². The Morgan fingerprint density at radius 1 is 1.09 bits per heavy atom. The maximum Gasteiger partial charge on any atom is 0.277 e. The molecule has 35 heavy (non-hydrogen) atoms. The summed E-state index contributed by atoms with van der Waals surface area (Å²) in [6.07, 6.45) is -0.513. The Bertz CT molecular complexity index is 1240. The lowest BCUT2D eigenvalue weighted by Crippen LogP contribution is -2.49. The van der Waals surface area contributed by atoms with Crippen molar-refractivity contribution in [3.8, 4) is 11.5 Å². The van der Waals surface area contributed by atoms with E-state index in [4.69, 9.17) is 13.9 Å². The highest BCUT2D eigenvalue weighted by Crippen LogP contribution is 2.36. The van der Waals surface area contributed by atoms with Crippen LogP contribution in [0.1, 0.15) is 29.3 Å². The number of anilines is 1. The first-order valence-corrected chi connectivity index (χ1v) is 12.1. The topological polar surface area (TPSA) is 98.0 Å². The van der Waals surface area contributed by atoms with Crippen molar-refractivity contribution in [2.75, 3.05) is 43.4 Å². The number of hydrogen-bond acceptors (Lipinski definition) is 9. The van der Waals surface area contributed by atoms with Crippen LogP contribution in [0.2, 0.25) is 0 Å². The highest BCUT2D eigenvalue weighted by atomic mass is 32.2. The molecule has 2 aliphatic rings. The summed E-state index contributed by atoms with van der Waals surface area (Å²) in [5.74, 6) is 1.04. The number of fused-ring (bicyclic) bond motifs is 1. The van der Waals surface area contributed by atoms with Gasteiger partial charge in [-0.1, -0.05) is 23.9 Å². The molecule has 1 amide bonds. The maximum atomic E-state index is 14.5. The predicted octanol–water partition coefficient (Wildman–Crippen LogP) is 3.36. The molecule has 1 fully saturated rings. The van der Waals surface area contributed by atoms with Crippen LogP contribution in [0.15, 0.2) is 52.1 Å². The number of piperazine rings is 1. The molecular weight excluding hydrogens is 475 g/mol. The Morgan fingerprint density at radius 2 is 1.86 bits per heavy atom. The lowest BCUT2D eigenvalue weighted by molar-refractivity contribution is -0.128. The van der Waals surface area contributed by atoms with E-state index in [0.29, 0.717) is 54.8 Å². The van der Waals surface area contributed by atoms with Crippen molar-refractivity contribution in [2.45, 2.75) is 18.3 Å². The number of thioether (sulfide) groups is 1. The van der Waals surface area contributed by atoms with Gasteiger partial charge in [-0.05, 0) is 37.3 Å². The van der Waals surface area contributed by atoms with Crippen LogP contribution in [0.3, 0.4) is 0 Å². The number of halogens is 1. The van der Waals surface area contributed by atoms with Gasteiger partial charge >= 0.3 is 0 Å². The van der Waals surface area contributed by atoms with Crippen LogP contribution in [-0.4, -0.2) is 65.3 Å². The number of amides is 1. The first kappa shape index (κ1) is 23.2. The lowest BCUT2D eigenvalue weighted by atomic mass is 10.1. The third kappa shape index (κ3) is 5.09. The molecule has 1 saturated heterocycles. The molecule has 9 nitrogen and oxygen atoms in total. The highest BCUT2D eigenvalue weighted by Gasteiger charge is 2.28. The fourth-order valence-corrected chi connectivity index (χ4v) is 4.62. The van der Waals surface area contributed by atoms with E-state index in [1.165, 1.54) is 13.0 Å². The standard InChI is InChI=1S/C24H23FN4O5S/c1-15(30)16-6-7-18(17(25)12-16)28-8-10-29(11-9-28)22(31)14-35-24-27-26-23(34-24)21-13-32-19-4-2-3-5-20(19)33-21/h2-7,12,21H,8-11,13-14H2,1H3. The number of aromatic nitrogens is 2. The van der Waals surface area contributed by atoms with E-state index in [2.05, 4.69) is 10.2 Å². The highest BCUT2D eigenvalue weighted by molar-refractivity contribution is 7.99. The summed E-state index contributed by atoms with van der Waals surface area (Å²) >= 11 is 1.16. The van der Waals surface area contributed by atoms with Gasteiger partial charge in [-0.25, -0.2) is 4.39 Å². The number of rotatable bonds is 6. The van der Waals surface area contributed by atoms with E-state index >= 15 is 0 Å². The number of carbonyl (C=O) groups excluding carboxylic acids is 2. The van der Waals surface area contributed by atoms with Crippen molar-refractivity contribution in [2.24, 2.45) is 0 Å². The maximum absolute atomic E-state index is 14.5. The molecule has 5 rings (SSSR count). The average Bonchev–Trinajstić information content (AvgIpc) is 3.36. The van der Waals surface area contributed by atoms with Crippen LogP contribution in [0, 0.1) is 5.82 Å². The van der Waals surface area contributed by atoms with Crippen LogP contribution in [-0.2, 0) is 4.79 Å². The SMILES string of the molecule is CC(=O)c1ccc(N2CCN(C(=O)CSc3nnc(C4COc5ccccc5O4)o3)CC2)c(F)c1. The van der Waals surface area contributed by atoms with Crippen molar-refractivity contribution in [1.82, 2.24) is 15.1 Å². The number of nitrogens with zero attached hydrogens (tertiary/aromatic N) is 4. The van der Waals surface area contributed by atoms with Gasteiger partial charge in [0.15, 0.2) is 17.3 Å². The van der Waals surface area contributed by atoms with Gasteiger partial charge < -0.3 is 23.7 Å². The Balaban J connectivity index is 1.11. The summed E-state index contributed by atoms with van der Waals surface area (Å²) in [6.45, 7) is 3.59. The van der Waals surface area contributed by atoms with Crippen LogP contribution < -0.4 is 14.4 Å². The molecule has 0 spiro atoms. The minimum Gasteiger partial charge on any atom is -0.485 e. The van der Waals surface area contributed by atoms with Crippen molar-refractivity contribution >= 4 is 29.1 Å². The van der Waals surface area contributed by atoms with Gasteiger partial charge in [-0.15, -0.1) is 10.2 Å². The number of hydrogen-bond donors (Lipinski definition) is 0. The lowest BCUT2D eigenvalue weighted by Gasteiger charge is -2.36. The van der Waals surface area contributed by atoms with Gasteiger partial charge in [0.25, 0.3) is 11.1 Å². The molecule has 2 aromatic carbocycles. The molecule has 0 aliphatic carbocycles. The Hall–Kier alpha value is -3.60. The zero-order valence-electron chi connectivity index (χ0n) is 19.0. The van der Waals surface area contributed by atoms with Gasteiger partial charge in [-0.3, -0.25) is 9.59 Å². The van der Waals surface area contributed by atoms with E-state index in [-0.39, 0.29) is 29.3 Å². The predicted molar refractivity (Wildman–Crippen MR) is 126 cm³/mol. The van der Waals surface area contributed by atoms with Crippen molar-refractivity contribution < 1.29 is 27.9 Å². The van der Waals surface area contributed by atoms with Gasteiger partial charge in [0.05, 0.1) is 11.4 Å². The largest absolute Gasteiger partial charge is 0.485 e. The molecule has 0 N–H and O–H groups in total. The van der Waals surface area contributed by atoms with Gasteiger partial charge in [0.1, 0.15) is 12.4 Å². The van der Waals surface area contributed by atoms with Gasteiger partial charge in [0.2, 0.25) is 12.0 Å². The number of Topliss-reactive ketones (excluding diaryl/α,β-unsaturated/α-hetero) is 1. The fourth-order valence-electron chi connectivity index (χ4n) is 3.94. The first-order valence-electron chi connectivity index (χ1n) is 11.2. The molecule has 1 unspecified atom stereocenters. The van der Waals surface area contributed by atoms with Crippen LogP contribution in [0.25, 0.3) is 0 Å². The summed E-state index contributed by atoms with van der Waals surface area (Å²) in [5.41, 5.74) is 0.778. The summed E-state index contributed by atoms with van der Waals surface area (Å²) in [4.78, 5) is 27.7. The summed E-state index contributed by atoms with van der Waals surface area (Å²) in [7, 11) is 0. The molecule has 0 saturated carbocycles. The number of carbonyl (C=O) groups is 2. The van der Waals surface area contributed by atoms with Crippen LogP contribution in [0.4, 0.5) is 10.1 Å². The third-order valence-corrected chi connectivity index (χ3v) is 6.66. The Labute approximate surface area is 205 Å². The molecule has 0 radical (unpaired) electrons. The van der Waals surface area contributed by atoms with E-state index < -0.39 is 11.9 Å². The first-order chi connectivity index (χ1) is 17.0. The average molecular weight is 499 g/mol. The third-order valence-electron chi connectivity index (χ3n) is 5.85. The van der Waals surface area contributed by atoms with E-state index in [1.54, 1.807) is 17.0 Å². The molecule has 1 aromatic heterocycles. The zero-order chi connectivity index (χ0) is 24.4. The van der Waals surface area contributed by atoms with Crippen LogP contribution >= 0.6 is 11.8 Å². The molecule has 3 aromatic rings. The smallest absolute Gasteiger partial charge is 0.277 e. The monoisotopic (exact) mass is 498 g/mol. The second kappa shape index (κ2) is 9.95.